The zero-order chi connectivity index (χ0) is 13.8. The third-order valence-corrected chi connectivity index (χ3v) is 2.14. The lowest BCUT2D eigenvalue weighted by Gasteiger charge is -2.09. The van der Waals surface area contributed by atoms with Gasteiger partial charge in [0.25, 0.3) is 5.91 Å². The average Bonchev–Trinajstić information content (AvgIpc) is 2.23. The first kappa shape index (κ1) is 14.3. The predicted molar refractivity (Wildman–Crippen MR) is 55.7 cm³/mol. The van der Waals surface area contributed by atoms with Crippen LogP contribution in [0, 0.1) is 5.82 Å². The van der Waals surface area contributed by atoms with E-state index in [1.165, 1.54) is 6.07 Å². The number of aromatic hydroxyl groups is 1. The van der Waals surface area contributed by atoms with Crippen LogP contribution in [0.5, 0.6) is 5.75 Å². The Hall–Kier alpha value is -1.79. The summed E-state index contributed by atoms with van der Waals surface area (Å²) in [5.74, 6) is -2.42. The van der Waals surface area contributed by atoms with Crippen molar-refractivity contribution in [2.24, 2.45) is 0 Å². The monoisotopic (exact) mass is 265 g/mol. The van der Waals surface area contributed by atoms with Crippen LogP contribution in [-0.2, 0) is 0 Å². The normalized spacial score (nSPS) is 11.3. The molecule has 1 aromatic carbocycles. The summed E-state index contributed by atoms with van der Waals surface area (Å²) in [5.41, 5.74) is -0.565. The third-order valence-electron chi connectivity index (χ3n) is 2.14. The highest BCUT2D eigenvalue weighted by Gasteiger charge is 2.26. The highest BCUT2D eigenvalue weighted by Crippen LogP contribution is 2.21. The Labute approximate surface area is 100 Å². The summed E-state index contributed by atoms with van der Waals surface area (Å²) in [5, 5.41) is 11.4. The lowest BCUT2D eigenvalue weighted by atomic mass is 10.1. The van der Waals surface area contributed by atoms with Crippen molar-refractivity contribution >= 4 is 5.91 Å². The summed E-state index contributed by atoms with van der Waals surface area (Å²) < 4.78 is 48.7. The molecule has 0 spiro atoms. The second-order valence-electron chi connectivity index (χ2n) is 3.61. The van der Waals surface area contributed by atoms with Crippen LogP contribution in [0.2, 0.25) is 0 Å². The van der Waals surface area contributed by atoms with E-state index in [-0.39, 0.29) is 13.0 Å². The van der Waals surface area contributed by atoms with E-state index in [4.69, 9.17) is 0 Å². The van der Waals surface area contributed by atoms with Gasteiger partial charge >= 0.3 is 6.18 Å². The molecule has 1 aromatic rings. The maximum Gasteiger partial charge on any atom is 0.389 e. The quantitative estimate of drug-likeness (QED) is 0.649. The topological polar surface area (TPSA) is 49.3 Å². The molecule has 0 heterocycles. The smallest absolute Gasteiger partial charge is 0.389 e. The van der Waals surface area contributed by atoms with Gasteiger partial charge in [0.2, 0.25) is 0 Å². The first-order chi connectivity index (χ1) is 8.31. The fourth-order valence-corrected chi connectivity index (χ4v) is 1.32. The molecule has 18 heavy (non-hydrogen) atoms. The molecule has 0 aliphatic rings. The van der Waals surface area contributed by atoms with Crippen LogP contribution < -0.4 is 5.32 Å². The lowest BCUT2D eigenvalue weighted by molar-refractivity contribution is -0.135. The van der Waals surface area contributed by atoms with Crippen LogP contribution >= 0.6 is 0 Å². The number of rotatable bonds is 4. The van der Waals surface area contributed by atoms with Gasteiger partial charge in [0, 0.05) is 13.0 Å². The molecule has 1 rings (SSSR count). The molecule has 0 aromatic heterocycles. The van der Waals surface area contributed by atoms with Gasteiger partial charge in [-0.2, -0.15) is 13.2 Å². The first-order valence-electron chi connectivity index (χ1n) is 5.13. The maximum atomic E-state index is 13.2. The number of carbonyl (C=O) groups excluding carboxylic acids is 1. The van der Waals surface area contributed by atoms with Crippen LogP contribution in [0.25, 0.3) is 0 Å². The minimum Gasteiger partial charge on any atom is -0.507 e. The molecule has 0 saturated carbocycles. The molecular formula is C11H11F4NO2. The van der Waals surface area contributed by atoms with Gasteiger partial charge in [-0.15, -0.1) is 0 Å². The lowest BCUT2D eigenvalue weighted by Crippen LogP contribution is -2.26. The molecule has 0 fully saturated rings. The standard InChI is InChI=1S/C11H11F4NO2/c12-7-3-1-4-8(17)9(7)10(18)16-6-2-5-11(13,14)15/h1,3-4,17H,2,5-6H2,(H,16,18). The largest absolute Gasteiger partial charge is 0.507 e. The molecule has 100 valence electrons. The Kier molecular flexibility index (Phi) is 4.52. The van der Waals surface area contributed by atoms with Gasteiger partial charge in [0.1, 0.15) is 17.1 Å². The van der Waals surface area contributed by atoms with Crippen molar-refractivity contribution in [3.05, 3.63) is 29.6 Å². The number of phenols is 1. The molecule has 0 aliphatic heterocycles. The number of benzene rings is 1. The second-order valence-corrected chi connectivity index (χ2v) is 3.61. The van der Waals surface area contributed by atoms with Crippen LogP contribution in [0.1, 0.15) is 23.2 Å². The van der Waals surface area contributed by atoms with E-state index in [9.17, 15) is 27.5 Å². The number of nitrogens with one attached hydrogen (secondary N) is 1. The van der Waals surface area contributed by atoms with Gasteiger partial charge in [0.05, 0.1) is 0 Å². The van der Waals surface area contributed by atoms with E-state index < -0.39 is 35.6 Å². The minimum atomic E-state index is -4.29. The van der Waals surface area contributed by atoms with Crippen LogP contribution in [-0.4, -0.2) is 23.7 Å². The number of halogens is 4. The van der Waals surface area contributed by atoms with E-state index in [0.717, 1.165) is 12.1 Å². The Morgan fingerprint density at radius 3 is 2.56 bits per heavy atom. The van der Waals surface area contributed by atoms with Gasteiger partial charge in [0.15, 0.2) is 0 Å². The highest BCUT2D eigenvalue weighted by molar-refractivity contribution is 5.97. The maximum absolute atomic E-state index is 13.2. The van der Waals surface area contributed by atoms with Gasteiger partial charge < -0.3 is 10.4 Å². The Morgan fingerprint density at radius 1 is 1.33 bits per heavy atom. The fraction of sp³-hybridized carbons (Fsp3) is 0.364. The first-order valence-corrected chi connectivity index (χ1v) is 5.13. The second kappa shape index (κ2) is 5.70. The number of hydrogen-bond donors (Lipinski definition) is 2. The molecule has 2 N–H and O–H groups in total. The number of hydrogen-bond acceptors (Lipinski definition) is 2. The molecule has 0 saturated heterocycles. The SMILES string of the molecule is O=C(NCCCC(F)(F)F)c1c(O)cccc1F. The summed E-state index contributed by atoms with van der Waals surface area (Å²) in [6, 6.07) is 3.31. The molecular weight excluding hydrogens is 254 g/mol. The molecule has 1 amide bonds. The third kappa shape index (κ3) is 4.23. The van der Waals surface area contributed by atoms with Crippen molar-refractivity contribution in [2.75, 3.05) is 6.54 Å². The summed E-state index contributed by atoms with van der Waals surface area (Å²) in [6.45, 7) is -0.244. The number of phenolic OH excluding ortho intramolecular Hbond substituents is 1. The minimum absolute atomic E-state index is 0.244. The van der Waals surface area contributed by atoms with E-state index in [2.05, 4.69) is 5.32 Å². The van der Waals surface area contributed by atoms with Crippen LogP contribution in [0.4, 0.5) is 17.6 Å². The van der Waals surface area contributed by atoms with E-state index >= 15 is 0 Å². The van der Waals surface area contributed by atoms with Crippen molar-refractivity contribution < 1.29 is 27.5 Å². The van der Waals surface area contributed by atoms with Gasteiger partial charge in [-0.1, -0.05) is 6.07 Å². The molecule has 0 atom stereocenters. The number of amides is 1. The molecule has 0 radical (unpaired) electrons. The van der Waals surface area contributed by atoms with Crippen molar-refractivity contribution in [1.82, 2.24) is 5.32 Å². The molecule has 0 aliphatic carbocycles. The summed E-state index contributed by atoms with van der Waals surface area (Å²) in [7, 11) is 0. The van der Waals surface area contributed by atoms with E-state index in [1.807, 2.05) is 0 Å². The summed E-state index contributed by atoms with van der Waals surface area (Å²) in [4.78, 5) is 11.4. The van der Waals surface area contributed by atoms with Crippen molar-refractivity contribution in [1.29, 1.82) is 0 Å². The molecule has 3 nitrogen and oxygen atoms in total. The average molecular weight is 265 g/mol. The Morgan fingerprint density at radius 2 is 2.00 bits per heavy atom. The van der Waals surface area contributed by atoms with Crippen molar-refractivity contribution in [2.45, 2.75) is 19.0 Å². The zero-order valence-corrected chi connectivity index (χ0v) is 9.22. The Bertz CT molecular complexity index is 411. The van der Waals surface area contributed by atoms with Crippen molar-refractivity contribution in [3.8, 4) is 5.75 Å². The number of alkyl halides is 3. The molecule has 7 heteroatoms. The Balaban J connectivity index is 2.51. The van der Waals surface area contributed by atoms with Gasteiger partial charge in [-0.25, -0.2) is 4.39 Å². The predicted octanol–water partition coefficient (Wildman–Crippen LogP) is 2.60. The fourth-order valence-electron chi connectivity index (χ4n) is 1.32. The van der Waals surface area contributed by atoms with E-state index in [0.29, 0.717) is 0 Å². The zero-order valence-electron chi connectivity index (χ0n) is 9.22. The van der Waals surface area contributed by atoms with Crippen molar-refractivity contribution in [3.63, 3.8) is 0 Å². The highest BCUT2D eigenvalue weighted by atomic mass is 19.4. The van der Waals surface area contributed by atoms with Crippen LogP contribution in [0.3, 0.4) is 0 Å². The summed E-state index contributed by atoms with van der Waals surface area (Å²) in [6.07, 6.45) is -5.62. The van der Waals surface area contributed by atoms with Gasteiger partial charge in [-0.05, 0) is 18.6 Å². The molecule has 0 bridgehead atoms. The summed E-state index contributed by atoms with van der Waals surface area (Å²) >= 11 is 0. The molecule has 0 unspecified atom stereocenters. The van der Waals surface area contributed by atoms with Gasteiger partial charge in [-0.3, -0.25) is 4.79 Å². The van der Waals surface area contributed by atoms with Crippen LogP contribution in [0.15, 0.2) is 18.2 Å². The number of carbonyl (C=O) groups is 1. The van der Waals surface area contributed by atoms with E-state index in [1.54, 1.807) is 0 Å².